The van der Waals surface area contributed by atoms with Crippen molar-refractivity contribution in [2.45, 2.75) is 6.92 Å². The maximum absolute atomic E-state index is 11.6. The van der Waals surface area contributed by atoms with Gasteiger partial charge in [-0.25, -0.2) is 0 Å². The lowest BCUT2D eigenvalue weighted by atomic mass is 9.89. The number of phenols is 1. The standard InChI is InChI=1S/C14H17NO3/c1-14(9-18-10-14)8-15-13(17)7-4-11-2-5-12(16)6-3-11/h2-7,16H,8-10H2,1H3,(H,15,17). The molecule has 0 bridgehead atoms. The van der Waals surface area contributed by atoms with Crippen molar-refractivity contribution in [3.8, 4) is 5.75 Å². The maximum Gasteiger partial charge on any atom is 0.244 e. The summed E-state index contributed by atoms with van der Waals surface area (Å²) in [5.74, 6) is 0.103. The summed E-state index contributed by atoms with van der Waals surface area (Å²) in [5.41, 5.74) is 0.961. The van der Waals surface area contributed by atoms with Gasteiger partial charge in [0, 0.05) is 18.0 Å². The molecule has 0 spiro atoms. The third-order valence-electron chi connectivity index (χ3n) is 2.91. The van der Waals surface area contributed by atoms with Gasteiger partial charge in [-0.2, -0.15) is 0 Å². The monoisotopic (exact) mass is 247 g/mol. The molecule has 4 nitrogen and oxygen atoms in total. The van der Waals surface area contributed by atoms with E-state index in [1.807, 2.05) is 0 Å². The average molecular weight is 247 g/mol. The van der Waals surface area contributed by atoms with E-state index in [0.29, 0.717) is 19.8 Å². The SMILES string of the molecule is CC1(CNC(=O)C=Cc2ccc(O)cc2)COC1. The van der Waals surface area contributed by atoms with Crippen molar-refractivity contribution < 1.29 is 14.6 Å². The van der Waals surface area contributed by atoms with Gasteiger partial charge < -0.3 is 15.2 Å². The molecule has 96 valence electrons. The van der Waals surface area contributed by atoms with Gasteiger partial charge in [0.15, 0.2) is 0 Å². The largest absolute Gasteiger partial charge is 0.508 e. The van der Waals surface area contributed by atoms with Crippen LogP contribution in [0.1, 0.15) is 12.5 Å². The highest BCUT2D eigenvalue weighted by atomic mass is 16.5. The lowest BCUT2D eigenvalue weighted by molar-refractivity contribution is -0.122. The molecule has 1 saturated heterocycles. The fourth-order valence-electron chi connectivity index (χ4n) is 1.67. The molecule has 0 aliphatic carbocycles. The van der Waals surface area contributed by atoms with E-state index in [4.69, 9.17) is 9.84 Å². The Hall–Kier alpha value is -1.81. The number of ether oxygens (including phenoxy) is 1. The number of aromatic hydroxyl groups is 1. The van der Waals surface area contributed by atoms with E-state index in [-0.39, 0.29) is 17.1 Å². The Morgan fingerprint density at radius 1 is 1.44 bits per heavy atom. The summed E-state index contributed by atoms with van der Waals surface area (Å²) < 4.78 is 5.12. The summed E-state index contributed by atoms with van der Waals surface area (Å²) in [6.07, 6.45) is 3.21. The smallest absolute Gasteiger partial charge is 0.244 e. The number of rotatable bonds is 4. The van der Waals surface area contributed by atoms with Gasteiger partial charge in [-0.15, -0.1) is 0 Å². The van der Waals surface area contributed by atoms with E-state index in [1.165, 1.54) is 6.08 Å². The molecule has 0 aromatic heterocycles. The van der Waals surface area contributed by atoms with Crippen LogP contribution in [0.4, 0.5) is 0 Å². The highest BCUT2D eigenvalue weighted by Crippen LogP contribution is 2.24. The molecule has 1 heterocycles. The second kappa shape index (κ2) is 5.23. The first-order valence-corrected chi connectivity index (χ1v) is 5.90. The topological polar surface area (TPSA) is 58.6 Å². The molecular weight excluding hydrogens is 230 g/mol. The molecule has 1 aromatic rings. The first kappa shape index (κ1) is 12.6. The Bertz CT molecular complexity index is 447. The van der Waals surface area contributed by atoms with E-state index >= 15 is 0 Å². The number of amides is 1. The van der Waals surface area contributed by atoms with Crippen LogP contribution < -0.4 is 5.32 Å². The second-order valence-corrected chi connectivity index (χ2v) is 4.95. The van der Waals surface area contributed by atoms with Gasteiger partial charge in [-0.1, -0.05) is 19.1 Å². The third kappa shape index (κ3) is 3.34. The van der Waals surface area contributed by atoms with Crippen LogP contribution in [0.5, 0.6) is 5.75 Å². The number of carbonyl (C=O) groups is 1. The van der Waals surface area contributed by atoms with Crippen LogP contribution >= 0.6 is 0 Å². The van der Waals surface area contributed by atoms with E-state index in [9.17, 15) is 4.79 Å². The maximum atomic E-state index is 11.6. The molecule has 4 heteroatoms. The molecule has 2 rings (SSSR count). The van der Waals surface area contributed by atoms with Crippen molar-refractivity contribution in [2.75, 3.05) is 19.8 Å². The zero-order chi connectivity index (χ0) is 13.0. The van der Waals surface area contributed by atoms with Gasteiger partial charge in [0.05, 0.1) is 13.2 Å². The summed E-state index contributed by atoms with van der Waals surface area (Å²) in [5, 5.41) is 12.0. The predicted octanol–water partition coefficient (Wildman–Crippen LogP) is 1.56. The minimum absolute atomic E-state index is 0.0854. The summed E-state index contributed by atoms with van der Waals surface area (Å²) in [4.78, 5) is 11.6. The number of carbonyl (C=O) groups excluding carboxylic acids is 1. The molecule has 0 unspecified atom stereocenters. The summed E-state index contributed by atoms with van der Waals surface area (Å²) in [6, 6.07) is 6.68. The van der Waals surface area contributed by atoms with Crippen molar-refractivity contribution in [1.82, 2.24) is 5.32 Å². The molecule has 2 N–H and O–H groups in total. The van der Waals surface area contributed by atoms with Crippen LogP contribution in [-0.4, -0.2) is 30.8 Å². The molecular formula is C14H17NO3. The van der Waals surface area contributed by atoms with E-state index in [1.54, 1.807) is 30.3 Å². The highest BCUT2D eigenvalue weighted by Gasteiger charge is 2.33. The molecule has 1 aromatic carbocycles. The summed E-state index contributed by atoms with van der Waals surface area (Å²) >= 11 is 0. The van der Waals surface area contributed by atoms with Gasteiger partial charge in [-0.05, 0) is 23.8 Å². The van der Waals surface area contributed by atoms with Gasteiger partial charge in [0.2, 0.25) is 5.91 Å². The molecule has 1 amide bonds. The number of nitrogens with one attached hydrogen (secondary N) is 1. The normalized spacial score (nSPS) is 17.4. The Morgan fingerprint density at radius 2 is 2.11 bits per heavy atom. The van der Waals surface area contributed by atoms with E-state index in [0.717, 1.165) is 5.56 Å². The van der Waals surface area contributed by atoms with E-state index in [2.05, 4.69) is 12.2 Å². The first-order valence-electron chi connectivity index (χ1n) is 5.90. The van der Waals surface area contributed by atoms with Crippen molar-refractivity contribution in [3.05, 3.63) is 35.9 Å². The van der Waals surface area contributed by atoms with Gasteiger partial charge in [0.25, 0.3) is 0 Å². The number of benzene rings is 1. The molecule has 0 saturated carbocycles. The fourth-order valence-corrected chi connectivity index (χ4v) is 1.67. The number of hydrogen-bond donors (Lipinski definition) is 2. The van der Waals surface area contributed by atoms with Crippen molar-refractivity contribution in [2.24, 2.45) is 5.41 Å². The van der Waals surface area contributed by atoms with Gasteiger partial charge in [-0.3, -0.25) is 4.79 Å². The molecule has 1 aliphatic rings. The van der Waals surface area contributed by atoms with E-state index < -0.39 is 0 Å². The summed E-state index contributed by atoms with van der Waals surface area (Å²) in [6.45, 7) is 4.12. The van der Waals surface area contributed by atoms with Crippen molar-refractivity contribution in [1.29, 1.82) is 0 Å². The Kier molecular flexibility index (Phi) is 3.67. The molecule has 0 radical (unpaired) electrons. The quantitative estimate of drug-likeness (QED) is 0.794. The molecule has 1 aliphatic heterocycles. The minimum atomic E-state index is -0.115. The zero-order valence-electron chi connectivity index (χ0n) is 10.3. The van der Waals surface area contributed by atoms with Crippen LogP contribution in [0.25, 0.3) is 6.08 Å². The average Bonchev–Trinajstić information content (AvgIpc) is 2.33. The van der Waals surface area contributed by atoms with Gasteiger partial charge >= 0.3 is 0 Å². The van der Waals surface area contributed by atoms with Crippen LogP contribution in [0, 0.1) is 5.41 Å². The number of phenolic OH excluding ortho intramolecular Hbond substituents is 1. The predicted molar refractivity (Wildman–Crippen MR) is 69.1 cm³/mol. The first-order chi connectivity index (χ1) is 8.57. The Morgan fingerprint density at radius 3 is 2.67 bits per heavy atom. The lowest BCUT2D eigenvalue weighted by Crippen LogP contribution is -2.48. The van der Waals surface area contributed by atoms with Crippen LogP contribution in [0.15, 0.2) is 30.3 Å². The molecule has 0 atom stereocenters. The van der Waals surface area contributed by atoms with Crippen LogP contribution in [-0.2, 0) is 9.53 Å². The second-order valence-electron chi connectivity index (χ2n) is 4.95. The van der Waals surface area contributed by atoms with Crippen molar-refractivity contribution >= 4 is 12.0 Å². The highest BCUT2D eigenvalue weighted by molar-refractivity contribution is 5.91. The molecule has 18 heavy (non-hydrogen) atoms. The fraction of sp³-hybridized carbons (Fsp3) is 0.357. The Labute approximate surface area is 106 Å². The lowest BCUT2D eigenvalue weighted by Gasteiger charge is -2.37. The number of hydrogen-bond acceptors (Lipinski definition) is 3. The van der Waals surface area contributed by atoms with Crippen LogP contribution in [0.3, 0.4) is 0 Å². The summed E-state index contributed by atoms with van der Waals surface area (Å²) in [7, 11) is 0. The van der Waals surface area contributed by atoms with Crippen molar-refractivity contribution in [3.63, 3.8) is 0 Å². The minimum Gasteiger partial charge on any atom is -0.508 e. The third-order valence-corrected chi connectivity index (χ3v) is 2.91. The van der Waals surface area contributed by atoms with Crippen LogP contribution in [0.2, 0.25) is 0 Å². The zero-order valence-corrected chi connectivity index (χ0v) is 10.3. The Balaban J connectivity index is 1.81. The van der Waals surface area contributed by atoms with Gasteiger partial charge in [0.1, 0.15) is 5.75 Å². The molecule has 1 fully saturated rings.